The van der Waals surface area contributed by atoms with Crippen LogP contribution in [0, 0.1) is 12.7 Å². The number of hydrogen-bond acceptors (Lipinski definition) is 4. The summed E-state index contributed by atoms with van der Waals surface area (Å²) in [6, 6.07) is 4.26. The number of nitrogens with zero attached hydrogens (tertiary/aromatic N) is 2. The van der Waals surface area contributed by atoms with Gasteiger partial charge in [0.2, 0.25) is 5.88 Å². The minimum Gasteiger partial charge on any atom is -0.438 e. The fourth-order valence-corrected chi connectivity index (χ4v) is 1.68. The summed E-state index contributed by atoms with van der Waals surface area (Å²) < 4.78 is 18.9. The fourth-order valence-electron chi connectivity index (χ4n) is 1.32. The van der Waals surface area contributed by atoms with Gasteiger partial charge < -0.3 is 9.84 Å². The molecule has 4 nitrogen and oxygen atoms in total. The van der Waals surface area contributed by atoms with Crippen molar-refractivity contribution in [2.45, 2.75) is 13.5 Å². The number of aliphatic hydroxyl groups is 1. The minimum absolute atomic E-state index is 0.224. The Morgan fingerprint density at radius 2 is 2.22 bits per heavy atom. The molecule has 0 bridgehead atoms. The van der Waals surface area contributed by atoms with Crippen LogP contribution in [0.15, 0.2) is 28.9 Å². The molecule has 0 atom stereocenters. The molecule has 0 saturated heterocycles. The second kappa shape index (κ2) is 5.41. The normalized spacial score (nSPS) is 10.4. The number of halogens is 2. The number of aromatic nitrogens is 2. The Hall–Kier alpha value is -1.53. The first-order valence-corrected chi connectivity index (χ1v) is 5.95. The zero-order chi connectivity index (χ0) is 13.1. The standard InChI is InChI=1S/C12H10BrFN2O2/c1-7-15-5-8(6-17)12(16-7)18-9-2-3-11(14)10(13)4-9/h2-5,17H,6H2,1H3. The molecule has 18 heavy (non-hydrogen) atoms. The zero-order valence-corrected chi connectivity index (χ0v) is 11.1. The van der Waals surface area contributed by atoms with E-state index in [1.54, 1.807) is 6.92 Å². The predicted molar refractivity (Wildman–Crippen MR) is 66.9 cm³/mol. The van der Waals surface area contributed by atoms with E-state index in [0.717, 1.165) is 0 Å². The SMILES string of the molecule is Cc1ncc(CO)c(Oc2ccc(F)c(Br)c2)n1. The van der Waals surface area contributed by atoms with E-state index in [1.807, 2.05) is 0 Å². The third-order valence-corrected chi connectivity index (χ3v) is 2.83. The van der Waals surface area contributed by atoms with Crippen LogP contribution in [-0.2, 0) is 6.61 Å². The van der Waals surface area contributed by atoms with Crippen LogP contribution in [-0.4, -0.2) is 15.1 Å². The number of aliphatic hydroxyl groups excluding tert-OH is 1. The summed E-state index contributed by atoms with van der Waals surface area (Å²) in [5.74, 6) is 0.853. The zero-order valence-electron chi connectivity index (χ0n) is 9.52. The largest absolute Gasteiger partial charge is 0.438 e. The molecular formula is C12H10BrFN2O2. The lowest BCUT2D eigenvalue weighted by Gasteiger charge is -2.09. The summed E-state index contributed by atoms with van der Waals surface area (Å²) in [6.07, 6.45) is 1.50. The van der Waals surface area contributed by atoms with Gasteiger partial charge in [-0.25, -0.2) is 9.37 Å². The highest BCUT2D eigenvalue weighted by molar-refractivity contribution is 9.10. The lowest BCUT2D eigenvalue weighted by atomic mass is 10.3. The van der Waals surface area contributed by atoms with E-state index in [4.69, 9.17) is 9.84 Å². The van der Waals surface area contributed by atoms with Crippen LogP contribution in [0.3, 0.4) is 0 Å². The number of benzene rings is 1. The van der Waals surface area contributed by atoms with Gasteiger partial charge in [-0.15, -0.1) is 0 Å². The van der Waals surface area contributed by atoms with Crippen LogP contribution in [0.2, 0.25) is 0 Å². The summed E-state index contributed by atoms with van der Waals surface area (Å²) in [6.45, 7) is 1.49. The molecule has 1 heterocycles. The van der Waals surface area contributed by atoms with Gasteiger partial charge in [-0.2, -0.15) is 4.98 Å². The van der Waals surface area contributed by atoms with Gasteiger partial charge in [-0.05, 0) is 41.1 Å². The van der Waals surface area contributed by atoms with Crippen LogP contribution in [0.1, 0.15) is 11.4 Å². The maximum absolute atomic E-state index is 13.1. The van der Waals surface area contributed by atoms with Crippen LogP contribution >= 0.6 is 15.9 Å². The molecule has 1 aromatic carbocycles. The van der Waals surface area contributed by atoms with Crippen molar-refractivity contribution in [2.24, 2.45) is 0 Å². The average molecular weight is 313 g/mol. The van der Waals surface area contributed by atoms with Crippen molar-refractivity contribution in [3.05, 3.63) is 46.1 Å². The van der Waals surface area contributed by atoms with Gasteiger partial charge in [0.25, 0.3) is 0 Å². The van der Waals surface area contributed by atoms with E-state index in [9.17, 15) is 4.39 Å². The van der Waals surface area contributed by atoms with Crippen molar-refractivity contribution < 1.29 is 14.2 Å². The molecule has 0 amide bonds. The minimum atomic E-state index is -0.372. The number of hydrogen-bond donors (Lipinski definition) is 1. The first-order chi connectivity index (χ1) is 8.60. The lowest BCUT2D eigenvalue weighted by Crippen LogP contribution is -1.99. The van der Waals surface area contributed by atoms with Crippen LogP contribution in [0.4, 0.5) is 4.39 Å². The highest BCUT2D eigenvalue weighted by atomic mass is 79.9. The monoisotopic (exact) mass is 312 g/mol. The molecule has 1 aromatic heterocycles. The molecule has 0 fully saturated rings. The number of rotatable bonds is 3. The second-order valence-electron chi connectivity index (χ2n) is 3.58. The first kappa shape index (κ1) is 12.9. The molecule has 0 saturated carbocycles. The summed E-state index contributed by atoms with van der Waals surface area (Å²) in [5.41, 5.74) is 0.473. The predicted octanol–water partition coefficient (Wildman–Crippen LogP) is 2.97. The second-order valence-corrected chi connectivity index (χ2v) is 4.44. The maximum atomic E-state index is 13.1. The maximum Gasteiger partial charge on any atom is 0.228 e. The average Bonchev–Trinajstić information content (AvgIpc) is 2.34. The number of aryl methyl sites for hydroxylation is 1. The molecule has 94 valence electrons. The molecule has 0 spiro atoms. The van der Waals surface area contributed by atoms with Crippen molar-refractivity contribution >= 4 is 15.9 Å². The molecule has 0 aliphatic carbocycles. The Morgan fingerprint density at radius 1 is 1.44 bits per heavy atom. The van der Waals surface area contributed by atoms with E-state index in [-0.39, 0.29) is 18.3 Å². The summed E-state index contributed by atoms with van der Waals surface area (Å²) in [4.78, 5) is 8.05. The van der Waals surface area contributed by atoms with Crippen molar-refractivity contribution in [3.63, 3.8) is 0 Å². The van der Waals surface area contributed by atoms with E-state index in [2.05, 4.69) is 25.9 Å². The first-order valence-electron chi connectivity index (χ1n) is 5.16. The van der Waals surface area contributed by atoms with Gasteiger partial charge in [0, 0.05) is 6.20 Å². The highest BCUT2D eigenvalue weighted by Gasteiger charge is 2.09. The topological polar surface area (TPSA) is 55.2 Å². The van der Waals surface area contributed by atoms with Crippen molar-refractivity contribution in [1.82, 2.24) is 9.97 Å². The Morgan fingerprint density at radius 3 is 2.89 bits per heavy atom. The molecule has 0 radical (unpaired) electrons. The van der Waals surface area contributed by atoms with Gasteiger partial charge in [0.05, 0.1) is 16.6 Å². The van der Waals surface area contributed by atoms with E-state index >= 15 is 0 Å². The third-order valence-electron chi connectivity index (χ3n) is 2.22. The Labute approximate surface area is 112 Å². The van der Waals surface area contributed by atoms with E-state index in [1.165, 1.54) is 24.4 Å². The number of ether oxygens (including phenoxy) is 1. The van der Waals surface area contributed by atoms with Gasteiger partial charge in [0.15, 0.2) is 0 Å². The molecule has 1 N–H and O–H groups in total. The van der Waals surface area contributed by atoms with Gasteiger partial charge >= 0.3 is 0 Å². The molecular weight excluding hydrogens is 303 g/mol. The highest BCUT2D eigenvalue weighted by Crippen LogP contribution is 2.27. The molecule has 6 heteroatoms. The molecule has 2 aromatic rings. The molecule has 0 aliphatic rings. The van der Waals surface area contributed by atoms with Crippen LogP contribution in [0.5, 0.6) is 11.6 Å². The van der Waals surface area contributed by atoms with Gasteiger partial charge in [-0.3, -0.25) is 0 Å². The Balaban J connectivity index is 2.33. The van der Waals surface area contributed by atoms with E-state index in [0.29, 0.717) is 21.6 Å². The summed E-state index contributed by atoms with van der Waals surface area (Å²) in [5, 5.41) is 9.16. The van der Waals surface area contributed by atoms with Crippen molar-refractivity contribution in [3.8, 4) is 11.6 Å². The van der Waals surface area contributed by atoms with E-state index < -0.39 is 0 Å². The third kappa shape index (κ3) is 2.83. The van der Waals surface area contributed by atoms with Gasteiger partial charge in [-0.1, -0.05) is 0 Å². The molecule has 0 unspecified atom stereocenters. The Bertz CT molecular complexity index is 578. The molecule has 0 aliphatic heterocycles. The fraction of sp³-hybridized carbons (Fsp3) is 0.167. The quantitative estimate of drug-likeness (QED) is 0.946. The Kier molecular flexibility index (Phi) is 3.88. The van der Waals surface area contributed by atoms with Crippen molar-refractivity contribution in [1.29, 1.82) is 0 Å². The molecule has 2 rings (SSSR count). The van der Waals surface area contributed by atoms with Crippen molar-refractivity contribution in [2.75, 3.05) is 0 Å². The van der Waals surface area contributed by atoms with Gasteiger partial charge in [0.1, 0.15) is 17.4 Å². The summed E-state index contributed by atoms with van der Waals surface area (Å²) in [7, 11) is 0. The lowest BCUT2D eigenvalue weighted by molar-refractivity contribution is 0.274. The smallest absolute Gasteiger partial charge is 0.228 e. The van der Waals surface area contributed by atoms with Crippen LogP contribution < -0.4 is 4.74 Å². The summed E-state index contributed by atoms with van der Waals surface area (Å²) >= 11 is 3.07. The van der Waals surface area contributed by atoms with Crippen LogP contribution in [0.25, 0.3) is 0 Å².